The van der Waals surface area contributed by atoms with Gasteiger partial charge in [-0.2, -0.15) is 0 Å². The minimum Gasteiger partial charge on any atom is -0.486 e. The van der Waals surface area contributed by atoms with Gasteiger partial charge in [0.05, 0.1) is 30.1 Å². The number of amides is 1. The van der Waals surface area contributed by atoms with Crippen LogP contribution in [0, 0.1) is 0 Å². The van der Waals surface area contributed by atoms with Gasteiger partial charge in [0.15, 0.2) is 11.5 Å². The zero-order chi connectivity index (χ0) is 18.3. The Morgan fingerprint density at radius 3 is 2.92 bits per heavy atom. The van der Waals surface area contributed by atoms with E-state index in [1.54, 1.807) is 15.5 Å². The van der Waals surface area contributed by atoms with Crippen molar-refractivity contribution in [3.05, 3.63) is 50.7 Å². The molecular weight excluding hydrogens is 358 g/mol. The van der Waals surface area contributed by atoms with E-state index in [0.717, 1.165) is 5.56 Å². The van der Waals surface area contributed by atoms with E-state index in [1.165, 1.54) is 13.3 Å². The van der Waals surface area contributed by atoms with Crippen LogP contribution in [0.4, 0.5) is 0 Å². The zero-order valence-corrected chi connectivity index (χ0v) is 15.1. The smallest absolute Gasteiger partial charge is 0.257 e. The first-order valence-corrected chi connectivity index (χ1v) is 8.81. The lowest BCUT2D eigenvalue weighted by atomic mass is 10.1. The number of rotatable bonds is 2. The van der Waals surface area contributed by atoms with Crippen LogP contribution in [0.15, 0.2) is 23.3 Å². The van der Waals surface area contributed by atoms with Crippen LogP contribution in [0.1, 0.15) is 23.7 Å². The van der Waals surface area contributed by atoms with E-state index in [0.29, 0.717) is 67.0 Å². The molecule has 2 aromatic rings. The molecule has 1 aromatic carbocycles. The van der Waals surface area contributed by atoms with Gasteiger partial charge >= 0.3 is 0 Å². The van der Waals surface area contributed by atoms with Crippen LogP contribution >= 0.6 is 11.6 Å². The van der Waals surface area contributed by atoms with Crippen LogP contribution in [-0.4, -0.2) is 40.1 Å². The lowest BCUT2D eigenvalue weighted by Crippen LogP contribution is -2.39. The fraction of sp³-hybridized carbons (Fsp3) is 0.389. The number of aromatic nitrogens is 2. The summed E-state index contributed by atoms with van der Waals surface area (Å²) in [6, 6.07) is 3.61. The van der Waals surface area contributed by atoms with E-state index in [9.17, 15) is 9.59 Å². The highest BCUT2D eigenvalue weighted by Gasteiger charge is 2.23. The monoisotopic (exact) mass is 375 g/mol. The third kappa shape index (κ3) is 3.03. The van der Waals surface area contributed by atoms with Gasteiger partial charge in [-0.25, -0.2) is 4.98 Å². The molecule has 2 aliphatic heterocycles. The van der Waals surface area contributed by atoms with Crippen molar-refractivity contribution < 1.29 is 14.3 Å². The van der Waals surface area contributed by atoms with Crippen LogP contribution < -0.4 is 15.0 Å². The normalized spacial score (nSPS) is 15.5. The van der Waals surface area contributed by atoms with Crippen molar-refractivity contribution >= 4 is 17.5 Å². The molecule has 3 heterocycles. The Balaban J connectivity index is 1.63. The second-order valence-corrected chi connectivity index (χ2v) is 6.80. The largest absolute Gasteiger partial charge is 0.486 e. The molecule has 0 aliphatic carbocycles. The Hall–Kier alpha value is -2.54. The number of carbonyl (C=O) groups is 1. The average Bonchev–Trinajstić information content (AvgIpc) is 2.64. The number of carbonyl (C=O) groups excluding carboxylic acids is 1. The number of ether oxygens (including phenoxy) is 2. The highest BCUT2D eigenvalue weighted by molar-refractivity contribution is 6.32. The average molecular weight is 376 g/mol. The van der Waals surface area contributed by atoms with Crippen molar-refractivity contribution in [3.8, 4) is 11.5 Å². The molecule has 26 heavy (non-hydrogen) atoms. The molecule has 136 valence electrons. The van der Waals surface area contributed by atoms with Crippen LogP contribution in [0.2, 0.25) is 5.02 Å². The molecule has 0 saturated carbocycles. The lowest BCUT2D eigenvalue weighted by Gasteiger charge is -2.27. The second-order valence-electron chi connectivity index (χ2n) is 6.40. The van der Waals surface area contributed by atoms with E-state index in [4.69, 9.17) is 21.1 Å². The van der Waals surface area contributed by atoms with Crippen molar-refractivity contribution in [1.29, 1.82) is 0 Å². The van der Waals surface area contributed by atoms with E-state index in [1.807, 2.05) is 6.07 Å². The minimum absolute atomic E-state index is 0.00690. The van der Waals surface area contributed by atoms with Crippen LogP contribution in [0.25, 0.3) is 0 Å². The Labute approximate surface area is 155 Å². The summed E-state index contributed by atoms with van der Waals surface area (Å²) in [5.41, 5.74) is 2.11. The molecule has 8 heteroatoms. The first kappa shape index (κ1) is 16.9. The molecule has 4 rings (SSSR count). The van der Waals surface area contributed by atoms with E-state index in [-0.39, 0.29) is 11.5 Å². The van der Waals surface area contributed by atoms with Gasteiger partial charge in [-0.15, -0.1) is 0 Å². The summed E-state index contributed by atoms with van der Waals surface area (Å²) in [7, 11) is 0. The third-order valence-electron chi connectivity index (χ3n) is 4.65. The number of halogens is 1. The minimum atomic E-state index is -0.0794. The van der Waals surface area contributed by atoms with E-state index in [2.05, 4.69) is 4.98 Å². The van der Waals surface area contributed by atoms with Gasteiger partial charge in [0.1, 0.15) is 13.2 Å². The van der Waals surface area contributed by atoms with Crippen LogP contribution in [0.3, 0.4) is 0 Å². The number of benzene rings is 1. The molecule has 0 radical (unpaired) electrons. The fourth-order valence-electron chi connectivity index (χ4n) is 3.29. The maximum absolute atomic E-state index is 12.8. The summed E-state index contributed by atoms with van der Waals surface area (Å²) in [6.07, 6.45) is 2.04. The van der Waals surface area contributed by atoms with Crippen molar-refractivity contribution in [2.24, 2.45) is 0 Å². The van der Waals surface area contributed by atoms with Crippen molar-refractivity contribution in [1.82, 2.24) is 14.5 Å². The molecule has 0 saturated heterocycles. The van der Waals surface area contributed by atoms with E-state index >= 15 is 0 Å². The van der Waals surface area contributed by atoms with Gasteiger partial charge in [0.2, 0.25) is 5.91 Å². The molecule has 0 spiro atoms. The lowest BCUT2D eigenvalue weighted by molar-refractivity contribution is -0.129. The van der Waals surface area contributed by atoms with Gasteiger partial charge in [0.25, 0.3) is 5.56 Å². The molecule has 0 bridgehead atoms. The molecule has 1 aromatic heterocycles. The summed E-state index contributed by atoms with van der Waals surface area (Å²) in [5, 5.41) is 0.466. The number of hydrogen-bond donors (Lipinski definition) is 0. The predicted molar refractivity (Wildman–Crippen MR) is 94.8 cm³/mol. The Kier molecular flexibility index (Phi) is 4.32. The molecule has 0 unspecified atom stereocenters. The third-order valence-corrected chi connectivity index (χ3v) is 4.93. The van der Waals surface area contributed by atoms with Gasteiger partial charge in [-0.05, 0) is 24.1 Å². The number of nitrogens with zero attached hydrogens (tertiary/aromatic N) is 3. The Morgan fingerprint density at radius 1 is 1.31 bits per heavy atom. The molecule has 0 atom stereocenters. The molecule has 0 N–H and O–H groups in total. The van der Waals surface area contributed by atoms with Gasteiger partial charge in [-0.1, -0.05) is 11.6 Å². The second kappa shape index (κ2) is 6.64. The first-order chi connectivity index (χ1) is 12.5. The maximum Gasteiger partial charge on any atom is 0.257 e. The summed E-state index contributed by atoms with van der Waals surface area (Å²) in [4.78, 5) is 30.4. The fourth-order valence-corrected chi connectivity index (χ4v) is 3.58. The molecular formula is C18H18ClN3O4. The summed E-state index contributed by atoms with van der Waals surface area (Å²) >= 11 is 6.27. The summed E-state index contributed by atoms with van der Waals surface area (Å²) in [5.74, 6) is 1.13. The topological polar surface area (TPSA) is 73.7 Å². The molecule has 0 fully saturated rings. The molecule has 7 nitrogen and oxygen atoms in total. The quantitative estimate of drug-likeness (QED) is 0.797. The Morgan fingerprint density at radius 2 is 2.12 bits per heavy atom. The van der Waals surface area contributed by atoms with Crippen LogP contribution in [0.5, 0.6) is 11.5 Å². The maximum atomic E-state index is 12.8. The van der Waals surface area contributed by atoms with Crippen molar-refractivity contribution in [2.45, 2.75) is 26.4 Å². The SMILES string of the molecule is CC(=O)N1CCc2c(ncn(Cc3cc(Cl)c4c(c3)OCCO4)c2=O)C1. The summed E-state index contributed by atoms with van der Waals surface area (Å²) in [6.45, 7) is 3.73. The molecule has 2 aliphatic rings. The van der Waals surface area contributed by atoms with Gasteiger partial charge in [-0.3, -0.25) is 14.2 Å². The Bertz CT molecular complexity index is 941. The van der Waals surface area contributed by atoms with Crippen LogP contribution in [-0.2, 0) is 24.3 Å². The molecule has 1 amide bonds. The van der Waals surface area contributed by atoms with E-state index < -0.39 is 0 Å². The highest BCUT2D eigenvalue weighted by Crippen LogP contribution is 2.38. The highest BCUT2D eigenvalue weighted by atomic mass is 35.5. The standard InChI is InChI=1S/C18H18ClN3O4/c1-11(23)21-3-2-13-15(9-21)20-10-22(18(13)24)8-12-6-14(19)17-16(7-12)25-4-5-26-17/h6-7,10H,2-5,8-9H2,1H3. The van der Waals surface area contributed by atoms with Gasteiger partial charge in [0, 0.05) is 19.0 Å². The predicted octanol–water partition coefficient (Wildman–Crippen LogP) is 1.62. The first-order valence-electron chi connectivity index (χ1n) is 8.43. The van der Waals surface area contributed by atoms with Gasteiger partial charge < -0.3 is 14.4 Å². The van der Waals surface area contributed by atoms with Crippen molar-refractivity contribution in [3.63, 3.8) is 0 Å². The zero-order valence-electron chi connectivity index (χ0n) is 14.3. The number of hydrogen-bond acceptors (Lipinski definition) is 5. The van der Waals surface area contributed by atoms with Crippen molar-refractivity contribution in [2.75, 3.05) is 19.8 Å². The number of fused-ring (bicyclic) bond motifs is 2. The summed E-state index contributed by atoms with van der Waals surface area (Å²) < 4.78 is 12.7.